The van der Waals surface area contributed by atoms with Crippen LogP contribution >= 0.6 is 0 Å². The normalized spacial score (nSPS) is 14.4. The number of carbonyl (C=O) groups excluding carboxylic acids is 1. The molecule has 0 unspecified atom stereocenters. The van der Waals surface area contributed by atoms with Crippen molar-refractivity contribution < 1.29 is 19.0 Å². The van der Waals surface area contributed by atoms with Crippen molar-refractivity contribution in [1.29, 1.82) is 0 Å². The van der Waals surface area contributed by atoms with E-state index in [1.54, 1.807) is 33.5 Å². The first-order valence-corrected chi connectivity index (χ1v) is 5.73. The zero-order valence-corrected chi connectivity index (χ0v) is 10.8. The SMILES string of the molecule is COc1cc(OC)c(C2=CC(=O)CC2)cc1OC. The molecule has 0 heterocycles. The fourth-order valence-electron chi connectivity index (χ4n) is 2.09. The second-order valence-corrected chi connectivity index (χ2v) is 4.04. The van der Waals surface area contributed by atoms with E-state index in [4.69, 9.17) is 14.2 Å². The van der Waals surface area contributed by atoms with Gasteiger partial charge >= 0.3 is 0 Å². The fourth-order valence-corrected chi connectivity index (χ4v) is 2.09. The van der Waals surface area contributed by atoms with E-state index in [1.807, 2.05) is 6.07 Å². The van der Waals surface area contributed by atoms with E-state index in [9.17, 15) is 4.79 Å². The molecule has 0 bridgehead atoms. The number of benzene rings is 1. The quantitative estimate of drug-likeness (QED) is 0.821. The van der Waals surface area contributed by atoms with E-state index < -0.39 is 0 Å². The van der Waals surface area contributed by atoms with Gasteiger partial charge in [0.15, 0.2) is 17.3 Å². The molecular weight excluding hydrogens is 232 g/mol. The van der Waals surface area contributed by atoms with Gasteiger partial charge < -0.3 is 14.2 Å². The van der Waals surface area contributed by atoms with Crippen LogP contribution in [0.5, 0.6) is 17.2 Å². The first-order chi connectivity index (χ1) is 8.69. The van der Waals surface area contributed by atoms with Crippen molar-refractivity contribution in [3.63, 3.8) is 0 Å². The highest BCUT2D eigenvalue weighted by Gasteiger charge is 2.19. The van der Waals surface area contributed by atoms with Gasteiger partial charge in [-0.3, -0.25) is 4.79 Å². The van der Waals surface area contributed by atoms with Gasteiger partial charge in [0.2, 0.25) is 0 Å². The molecule has 0 saturated carbocycles. The van der Waals surface area contributed by atoms with Crippen molar-refractivity contribution in [2.75, 3.05) is 21.3 Å². The molecule has 1 aromatic rings. The van der Waals surface area contributed by atoms with Crippen molar-refractivity contribution in [2.45, 2.75) is 12.8 Å². The Kier molecular flexibility index (Phi) is 3.55. The highest BCUT2D eigenvalue weighted by atomic mass is 16.5. The van der Waals surface area contributed by atoms with E-state index in [-0.39, 0.29) is 5.78 Å². The van der Waals surface area contributed by atoms with Crippen LogP contribution in [0.3, 0.4) is 0 Å². The topological polar surface area (TPSA) is 44.8 Å². The van der Waals surface area contributed by atoms with Crippen LogP contribution in [0.25, 0.3) is 5.57 Å². The molecule has 0 aliphatic heterocycles. The zero-order chi connectivity index (χ0) is 13.1. The Labute approximate surface area is 106 Å². The van der Waals surface area contributed by atoms with Gasteiger partial charge in [0.1, 0.15) is 5.75 Å². The average molecular weight is 248 g/mol. The van der Waals surface area contributed by atoms with Gasteiger partial charge in [-0.2, -0.15) is 0 Å². The molecule has 1 aliphatic rings. The molecule has 18 heavy (non-hydrogen) atoms. The minimum atomic E-state index is 0.154. The third-order valence-corrected chi connectivity index (χ3v) is 3.03. The van der Waals surface area contributed by atoms with Crippen LogP contribution in [0.4, 0.5) is 0 Å². The Morgan fingerprint density at radius 2 is 1.50 bits per heavy atom. The van der Waals surface area contributed by atoms with Gasteiger partial charge in [-0.25, -0.2) is 0 Å². The van der Waals surface area contributed by atoms with E-state index in [0.29, 0.717) is 23.7 Å². The van der Waals surface area contributed by atoms with E-state index >= 15 is 0 Å². The first-order valence-electron chi connectivity index (χ1n) is 5.73. The minimum Gasteiger partial charge on any atom is -0.496 e. The number of ether oxygens (including phenoxy) is 3. The molecule has 0 aromatic heterocycles. The van der Waals surface area contributed by atoms with Crippen LogP contribution in [0.15, 0.2) is 18.2 Å². The molecule has 0 amide bonds. The number of hydrogen-bond acceptors (Lipinski definition) is 4. The lowest BCUT2D eigenvalue weighted by atomic mass is 10.0. The highest BCUT2D eigenvalue weighted by Crippen LogP contribution is 2.40. The Bertz CT molecular complexity index is 503. The third kappa shape index (κ3) is 2.18. The molecule has 0 N–H and O–H groups in total. The average Bonchev–Trinajstić information content (AvgIpc) is 2.83. The molecule has 0 atom stereocenters. The lowest BCUT2D eigenvalue weighted by Crippen LogP contribution is -1.96. The molecule has 2 rings (SSSR count). The van der Waals surface area contributed by atoms with E-state index in [1.165, 1.54) is 0 Å². The van der Waals surface area contributed by atoms with Crippen LogP contribution in [-0.2, 0) is 4.79 Å². The minimum absolute atomic E-state index is 0.154. The van der Waals surface area contributed by atoms with E-state index in [0.717, 1.165) is 17.6 Å². The van der Waals surface area contributed by atoms with Crippen molar-refractivity contribution in [1.82, 2.24) is 0 Å². The summed E-state index contributed by atoms with van der Waals surface area (Å²) in [5.41, 5.74) is 1.87. The Balaban J connectivity index is 2.52. The number of ketones is 1. The van der Waals surface area contributed by atoms with Gasteiger partial charge in [0.05, 0.1) is 21.3 Å². The van der Waals surface area contributed by atoms with Gasteiger partial charge in [0.25, 0.3) is 0 Å². The summed E-state index contributed by atoms with van der Waals surface area (Å²) in [4.78, 5) is 11.3. The second kappa shape index (κ2) is 5.12. The smallest absolute Gasteiger partial charge is 0.164 e. The lowest BCUT2D eigenvalue weighted by molar-refractivity contribution is -0.114. The van der Waals surface area contributed by atoms with Gasteiger partial charge in [-0.05, 0) is 24.1 Å². The molecule has 0 saturated heterocycles. The number of allylic oxidation sites excluding steroid dienone is 2. The third-order valence-electron chi connectivity index (χ3n) is 3.03. The van der Waals surface area contributed by atoms with Crippen LogP contribution < -0.4 is 14.2 Å². The molecule has 4 heteroatoms. The number of hydrogen-bond donors (Lipinski definition) is 0. The monoisotopic (exact) mass is 248 g/mol. The van der Waals surface area contributed by atoms with Crippen molar-refractivity contribution in [3.05, 3.63) is 23.8 Å². The predicted molar refractivity (Wildman–Crippen MR) is 68.3 cm³/mol. The van der Waals surface area contributed by atoms with Crippen LogP contribution in [0.1, 0.15) is 18.4 Å². The van der Waals surface area contributed by atoms with Crippen molar-refractivity contribution >= 4 is 11.4 Å². The van der Waals surface area contributed by atoms with Gasteiger partial charge in [-0.15, -0.1) is 0 Å². The fraction of sp³-hybridized carbons (Fsp3) is 0.357. The zero-order valence-electron chi connectivity index (χ0n) is 10.8. The number of methoxy groups -OCH3 is 3. The van der Waals surface area contributed by atoms with Crippen LogP contribution in [-0.4, -0.2) is 27.1 Å². The molecule has 1 aliphatic carbocycles. The number of rotatable bonds is 4. The summed E-state index contributed by atoms with van der Waals surface area (Å²) in [5.74, 6) is 2.09. The maximum absolute atomic E-state index is 11.3. The Morgan fingerprint density at radius 1 is 0.889 bits per heavy atom. The summed E-state index contributed by atoms with van der Waals surface area (Å²) >= 11 is 0. The summed E-state index contributed by atoms with van der Waals surface area (Å²) < 4.78 is 15.8. The Hall–Kier alpha value is -1.97. The summed E-state index contributed by atoms with van der Waals surface area (Å²) in [7, 11) is 4.76. The molecule has 4 nitrogen and oxygen atoms in total. The number of carbonyl (C=O) groups is 1. The van der Waals surface area contributed by atoms with E-state index in [2.05, 4.69) is 0 Å². The largest absolute Gasteiger partial charge is 0.496 e. The standard InChI is InChI=1S/C14H16O4/c1-16-12-8-14(18-3)13(17-2)7-11(12)9-4-5-10(15)6-9/h6-8H,4-5H2,1-3H3. The summed E-state index contributed by atoms with van der Waals surface area (Å²) in [6.45, 7) is 0. The van der Waals surface area contributed by atoms with Gasteiger partial charge in [-0.1, -0.05) is 0 Å². The summed E-state index contributed by atoms with van der Waals surface area (Å²) in [5, 5.41) is 0. The van der Waals surface area contributed by atoms with Gasteiger partial charge in [0, 0.05) is 18.1 Å². The Morgan fingerprint density at radius 3 is 2.00 bits per heavy atom. The van der Waals surface area contributed by atoms with Crippen LogP contribution in [0.2, 0.25) is 0 Å². The van der Waals surface area contributed by atoms with Crippen molar-refractivity contribution in [2.24, 2.45) is 0 Å². The molecule has 0 fully saturated rings. The molecule has 1 aromatic carbocycles. The van der Waals surface area contributed by atoms with Crippen LogP contribution in [0, 0.1) is 0 Å². The summed E-state index contributed by atoms with van der Waals surface area (Å²) in [6.07, 6.45) is 2.97. The maximum atomic E-state index is 11.3. The predicted octanol–water partition coefficient (Wildman–Crippen LogP) is 2.46. The first kappa shape index (κ1) is 12.5. The molecular formula is C14H16O4. The lowest BCUT2D eigenvalue weighted by Gasteiger charge is -2.14. The highest BCUT2D eigenvalue weighted by molar-refractivity contribution is 6.02. The maximum Gasteiger partial charge on any atom is 0.164 e. The van der Waals surface area contributed by atoms with Crippen molar-refractivity contribution in [3.8, 4) is 17.2 Å². The second-order valence-electron chi connectivity index (χ2n) is 4.04. The molecule has 96 valence electrons. The molecule has 0 radical (unpaired) electrons. The summed E-state index contributed by atoms with van der Waals surface area (Å²) in [6, 6.07) is 3.62. The molecule has 0 spiro atoms.